The first kappa shape index (κ1) is 50.3. The van der Waals surface area contributed by atoms with Crippen LogP contribution < -0.4 is 0 Å². The van der Waals surface area contributed by atoms with Crippen LogP contribution in [0.3, 0.4) is 0 Å². The zero-order valence-corrected chi connectivity index (χ0v) is 34.8. The van der Waals surface area contributed by atoms with Gasteiger partial charge in [-0.3, -0.25) is 19.3 Å². The molecule has 316 valence electrons. The summed E-state index contributed by atoms with van der Waals surface area (Å²) in [5, 5.41) is 17.4. The molecule has 8 heteroatoms. The number of carbonyl (C=O) groups is 3. The highest BCUT2D eigenvalue weighted by molar-refractivity contribution is 5.69. The maximum atomic E-state index is 12.6. The van der Waals surface area contributed by atoms with Gasteiger partial charge in [0.05, 0.1) is 26.2 Å². The summed E-state index contributed by atoms with van der Waals surface area (Å²) in [6, 6.07) is 0. The van der Waals surface area contributed by atoms with Crippen molar-refractivity contribution in [3.63, 3.8) is 0 Å². The maximum absolute atomic E-state index is 12.6. The van der Waals surface area contributed by atoms with E-state index in [0.717, 1.165) is 123 Å². The van der Waals surface area contributed by atoms with Crippen molar-refractivity contribution in [2.24, 2.45) is 5.92 Å². The van der Waals surface area contributed by atoms with Crippen LogP contribution in [-0.4, -0.2) is 72.5 Å². The largest absolute Gasteiger partial charge is 0.481 e. The second kappa shape index (κ2) is 39.5. The van der Waals surface area contributed by atoms with E-state index in [9.17, 15) is 14.4 Å². The van der Waals surface area contributed by atoms with Gasteiger partial charge in [0.25, 0.3) is 0 Å². The van der Waals surface area contributed by atoms with Crippen molar-refractivity contribution in [1.82, 2.24) is 4.90 Å². The van der Waals surface area contributed by atoms with Gasteiger partial charge in [-0.1, -0.05) is 126 Å². The van der Waals surface area contributed by atoms with Crippen LogP contribution in [0.1, 0.15) is 186 Å². The van der Waals surface area contributed by atoms with Gasteiger partial charge in [-0.2, -0.15) is 0 Å². The van der Waals surface area contributed by atoms with Crippen molar-refractivity contribution in [3.05, 3.63) is 48.6 Å². The molecule has 55 heavy (non-hydrogen) atoms. The third kappa shape index (κ3) is 38.0. The molecule has 1 heterocycles. The molecular weight excluding hydrogens is 691 g/mol. The molecule has 8 nitrogen and oxygen atoms in total. The van der Waals surface area contributed by atoms with Gasteiger partial charge in [0.15, 0.2) is 0 Å². The zero-order valence-electron chi connectivity index (χ0n) is 34.8. The highest BCUT2D eigenvalue weighted by Crippen LogP contribution is 2.20. The molecule has 0 aromatic carbocycles. The standard InChI is InChI=1S/C47H81NO7/c49-45(50)35-31-27-23-19-15-11-7-3-1-5-9-13-17-21-25-29-33-44(43-55-47(53)37-38-48-39-41-54-42-40-48)34-30-26-22-18-14-10-6-2-4-8-12-16-20-24-28-32-36-46(51)52/h3-10,44H,1-2,11-43H2,(H,49,50)(H,51,52)/b7-3-,8-4-,9-5-,10-6-. The monoisotopic (exact) mass is 772 g/mol. The van der Waals surface area contributed by atoms with Crippen LogP contribution in [0.4, 0.5) is 0 Å². The zero-order chi connectivity index (χ0) is 39.7. The van der Waals surface area contributed by atoms with Crippen LogP contribution in [0.5, 0.6) is 0 Å². The normalized spacial score (nSPS) is 14.1. The Labute approximate surface area is 336 Å². The number of carboxylic acids is 2. The first-order valence-electron chi connectivity index (χ1n) is 22.5. The number of esters is 1. The molecule has 0 bridgehead atoms. The number of aliphatic carboxylic acids is 2. The molecule has 0 unspecified atom stereocenters. The molecule has 0 spiro atoms. The first-order valence-corrected chi connectivity index (χ1v) is 22.5. The summed E-state index contributed by atoms with van der Waals surface area (Å²) in [7, 11) is 0. The lowest BCUT2D eigenvalue weighted by Crippen LogP contribution is -2.37. The van der Waals surface area contributed by atoms with Crippen molar-refractivity contribution >= 4 is 17.9 Å². The van der Waals surface area contributed by atoms with E-state index in [-0.39, 0.29) is 5.97 Å². The number of rotatable bonds is 39. The number of morpholine rings is 1. The summed E-state index contributed by atoms with van der Waals surface area (Å²) < 4.78 is 11.2. The molecule has 1 fully saturated rings. The quantitative estimate of drug-likeness (QED) is 0.0361. The van der Waals surface area contributed by atoms with Gasteiger partial charge in [-0.15, -0.1) is 0 Å². The van der Waals surface area contributed by atoms with E-state index in [2.05, 4.69) is 53.5 Å². The lowest BCUT2D eigenvalue weighted by atomic mass is 9.95. The lowest BCUT2D eigenvalue weighted by Gasteiger charge is -2.26. The van der Waals surface area contributed by atoms with Gasteiger partial charge in [-0.05, 0) is 95.8 Å². The van der Waals surface area contributed by atoms with Crippen molar-refractivity contribution in [2.75, 3.05) is 39.5 Å². The lowest BCUT2D eigenvalue weighted by molar-refractivity contribution is -0.146. The third-order valence-corrected chi connectivity index (χ3v) is 10.4. The second-order valence-electron chi connectivity index (χ2n) is 15.5. The van der Waals surface area contributed by atoms with E-state index < -0.39 is 11.9 Å². The van der Waals surface area contributed by atoms with E-state index in [0.29, 0.717) is 31.8 Å². The molecule has 0 aromatic rings. The van der Waals surface area contributed by atoms with E-state index in [4.69, 9.17) is 19.7 Å². The predicted octanol–water partition coefficient (Wildman–Crippen LogP) is 12.2. The summed E-state index contributed by atoms with van der Waals surface area (Å²) in [5.74, 6) is -0.975. The number of ether oxygens (including phenoxy) is 2. The van der Waals surface area contributed by atoms with Crippen molar-refractivity contribution in [3.8, 4) is 0 Å². The average Bonchev–Trinajstić information content (AvgIpc) is 3.17. The van der Waals surface area contributed by atoms with Gasteiger partial charge >= 0.3 is 17.9 Å². The Kier molecular flexibility index (Phi) is 36.2. The van der Waals surface area contributed by atoms with Crippen molar-refractivity contribution in [1.29, 1.82) is 0 Å². The Morgan fingerprint density at radius 3 is 1.31 bits per heavy atom. The number of unbranched alkanes of at least 4 members (excludes halogenated alkanes) is 18. The highest BCUT2D eigenvalue weighted by Gasteiger charge is 2.15. The highest BCUT2D eigenvalue weighted by atomic mass is 16.5. The minimum absolute atomic E-state index is 0.0605. The van der Waals surface area contributed by atoms with Crippen LogP contribution in [0, 0.1) is 5.92 Å². The molecule has 0 radical (unpaired) electrons. The fraction of sp³-hybridized carbons (Fsp3) is 0.766. The Balaban J connectivity index is 2.16. The number of hydrogen-bond acceptors (Lipinski definition) is 6. The predicted molar refractivity (Wildman–Crippen MR) is 227 cm³/mol. The van der Waals surface area contributed by atoms with Crippen molar-refractivity contribution in [2.45, 2.75) is 186 Å². The van der Waals surface area contributed by atoms with Gasteiger partial charge in [0, 0.05) is 32.5 Å². The van der Waals surface area contributed by atoms with E-state index >= 15 is 0 Å². The van der Waals surface area contributed by atoms with Gasteiger partial charge in [0.2, 0.25) is 0 Å². The van der Waals surface area contributed by atoms with E-state index in [1.807, 2.05) is 0 Å². The second-order valence-corrected chi connectivity index (χ2v) is 15.5. The Bertz CT molecular complexity index is 968. The molecule has 1 saturated heterocycles. The number of carboxylic acid groups (broad SMARTS) is 2. The van der Waals surface area contributed by atoms with E-state index in [1.54, 1.807) is 0 Å². The maximum Gasteiger partial charge on any atom is 0.307 e. The molecular formula is C47H81NO7. The van der Waals surface area contributed by atoms with Crippen LogP contribution >= 0.6 is 0 Å². The van der Waals surface area contributed by atoms with E-state index in [1.165, 1.54) is 77.0 Å². The van der Waals surface area contributed by atoms with Crippen LogP contribution in [0.2, 0.25) is 0 Å². The fourth-order valence-corrected chi connectivity index (χ4v) is 6.92. The first-order chi connectivity index (χ1) is 27.0. The molecule has 1 aliphatic rings. The Morgan fingerprint density at radius 2 is 0.891 bits per heavy atom. The van der Waals surface area contributed by atoms with Gasteiger partial charge in [0.1, 0.15) is 0 Å². The SMILES string of the molecule is O=C(O)CCCCCCC/C=C\C/C=C\CCCCCCC(CCCCCC/C=C\C/C=C\CCCCCCCC(=O)O)COC(=O)CCN1CCOCC1. The Hall–Kier alpha value is -2.71. The fourth-order valence-electron chi connectivity index (χ4n) is 6.92. The minimum atomic E-state index is -0.686. The number of nitrogens with zero attached hydrogens (tertiary/aromatic N) is 1. The molecule has 0 saturated carbocycles. The van der Waals surface area contributed by atoms with Crippen LogP contribution in [0.15, 0.2) is 48.6 Å². The third-order valence-electron chi connectivity index (χ3n) is 10.4. The summed E-state index contributed by atoms with van der Waals surface area (Å²) >= 11 is 0. The Morgan fingerprint density at radius 1 is 0.509 bits per heavy atom. The molecule has 0 atom stereocenters. The van der Waals surface area contributed by atoms with Crippen LogP contribution in [-0.2, 0) is 23.9 Å². The average molecular weight is 772 g/mol. The van der Waals surface area contributed by atoms with Crippen LogP contribution in [0.25, 0.3) is 0 Å². The smallest absolute Gasteiger partial charge is 0.307 e. The summed E-state index contributed by atoms with van der Waals surface area (Å²) in [6.07, 6.45) is 48.6. The summed E-state index contributed by atoms with van der Waals surface area (Å²) in [5.41, 5.74) is 0. The number of carbonyl (C=O) groups excluding carboxylic acids is 1. The number of allylic oxidation sites excluding steroid dienone is 8. The molecule has 2 N–H and O–H groups in total. The topological polar surface area (TPSA) is 113 Å². The summed E-state index contributed by atoms with van der Waals surface area (Å²) in [6.45, 7) is 4.63. The van der Waals surface area contributed by atoms with Gasteiger partial charge < -0.3 is 19.7 Å². The minimum Gasteiger partial charge on any atom is -0.481 e. The molecule has 0 amide bonds. The summed E-state index contributed by atoms with van der Waals surface area (Å²) in [4.78, 5) is 35.9. The van der Waals surface area contributed by atoms with Gasteiger partial charge in [-0.25, -0.2) is 0 Å². The molecule has 0 aromatic heterocycles. The van der Waals surface area contributed by atoms with Crippen molar-refractivity contribution < 1.29 is 34.1 Å². The molecule has 1 aliphatic heterocycles. The molecule has 1 rings (SSSR count). The number of hydrogen-bond donors (Lipinski definition) is 2. The molecule has 0 aliphatic carbocycles.